The molecule has 0 aliphatic heterocycles. The summed E-state index contributed by atoms with van der Waals surface area (Å²) in [5.74, 6) is 0.156. The first kappa shape index (κ1) is 15.0. The Bertz CT molecular complexity index is 387. The molecular formula is C12H22N4OS. The van der Waals surface area contributed by atoms with Gasteiger partial charge in [0.1, 0.15) is 6.33 Å². The first-order valence-electron chi connectivity index (χ1n) is 6.36. The molecule has 0 radical (unpaired) electrons. The average Bonchev–Trinajstić information content (AvgIpc) is 2.78. The smallest absolute Gasteiger partial charge is 0.235 e. The van der Waals surface area contributed by atoms with Gasteiger partial charge in [0.05, 0.1) is 5.25 Å². The van der Waals surface area contributed by atoms with E-state index in [2.05, 4.69) is 24.0 Å². The van der Waals surface area contributed by atoms with Gasteiger partial charge in [-0.05, 0) is 34.6 Å². The molecule has 1 aromatic rings. The van der Waals surface area contributed by atoms with E-state index >= 15 is 0 Å². The van der Waals surface area contributed by atoms with Crippen LogP contribution in [0.2, 0.25) is 0 Å². The molecule has 0 saturated heterocycles. The quantitative estimate of drug-likeness (QED) is 0.744. The van der Waals surface area contributed by atoms with Gasteiger partial charge in [-0.15, -0.1) is 10.2 Å². The molecule has 0 spiro atoms. The fourth-order valence-electron chi connectivity index (χ4n) is 1.67. The Balaban J connectivity index is 2.72. The molecule has 1 rings (SSSR count). The SMILES string of the molecule is CCN(CC)C(=O)C(C)Sc1nncn1C(C)C. The molecule has 0 saturated carbocycles. The van der Waals surface area contributed by atoms with Crippen LogP contribution in [-0.4, -0.2) is 43.9 Å². The largest absolute Gasteiger partial charge is 0.342 e. The van der Waals surface area contributed by atoms with E-state index in [1.807, 2.05) is 30.2 Å². The third-order valence-electron chi connectivity index (χ3n) is 2.80. The van der Waals surface area contributed by atoms with Crippen molar-refractivity contribution in [2.24, 2.45) is 0 Å². The first-order chi connectivity index (χ1) is 8.51. The van der Waals surface area contributed by atoms with Crippen molar-refractivity contribution in [3.63, 3.8) is 0 Å². The number of aromatic nitrogens is 3. The van der Waals surface area contributed by atoms with E-state index in [1.165, 1.54) is 11.8 Å². The highest BCUT2D eigenvalue weighted by molar-refractivity contribution is 8.00. The predicted molar refractivity (Wildman–Crippen MR) is 73.7 cm³/mol. The molecule has 0 aliphatic carbocycles. The van der Waals surface area contributed by atoms with Gasteiger partial charge in [0, 0.05) is 19.1 Å². The van der Waals surface area contributed by atoms with E-state index in [0.29, 0.717) is 6.04 Å². The predicted octanol–water partition coefficient (Wildman–Crippen LogP) is 2.21. The molecule has 0 aromatic carbocycles. The van der Waals surface area contributed by atoms with Gasteiger partial charge in [-0.2, -0.15) is 0 Å². The van der Waals surface area contributed by atoms with E-state index in [1.54, 1.807) is 6.33 Å². The minimum Gasteiger partial charge on any atom is -0.342 e. The summed E-state index contributed by atoms with van der Waals surface area (Å²) in [5.41, 5.74) is 0. The summed E-state index contributed by atoms with van der Waals surface area (Å²) in [4.78, 5) is 14.0. The number of hydrogen-bond acceptors (Lipinski definition) is 4. The number of thioether (sulfide) groups is 1. The van der Waals surface area contributed by atoms with Gasteiger partial charge in [0.15, 0.2) is 5.16 Å². The zero-order valence-corrected chi connectivity index (χ0v) is 12.6. The Morgan fingerprint density at radius 2 is 2.00 bits per heavy atom. The summed E-state index contributed by atoms with van der Waals surface area (Å²) >= 11 is 1.47. The van der Waals surface area contributed by atoms with Crippen LogP contribution >= 0.6 is 11.8 Å². The van der Waals surface area contributed by atoms with E-state index in [9.17, 15) is 4.79 Å². The average molecular weight is 270 g/mol. The second-order valence-electron chi connectivity index (χ2n) is 4.39. The summed E-state index contributed by atoms with van der Waals surface area (Å²) in [6, 6.07) is 0.304. The normalized spacial score (nSPS) is 12.8. The number of carbonyl (C=O) groups excluding carboxylic acids is 1. The summed E-state index contributed by atoms with van der Waals surface area (Å²) in [7, 11) is 0. The maximum Gasteiger partial charge on any atom is 0.235 e. The number of hydrogen-bond donors (Lipinski definition) is 0. The van der Waals surface area contributed by atoms with Crippen molar-refractivity contribution >= 4 is 17.7 Å². The molecule has 0 N–H and O–H groups in total. The third kappa shape index (κ3) is 3.48. The highest BCUT2D eigenvalue weighted by Gasteiger charge is 2.21. The Morgan fingerprint density at radius 3 is 2.50 bits per heavy atom. The Kier molecular flexibility index (Phi) is 5.65. The van der Waals surface area contributed by atoms with Crippen molar-refractivity contribution < 1.29 is 4.79 Å². The van der Waals surface area contributed by atoms with Gasteiger partial charge in [-0.1, -0.05) is 11.8 Å². The summed E-state index contributed by atoms with van der Waals surface area (Å²) < 4.78 is 1.98. The third-order valence-corrected chi connectivity index (χ3v) is 3.86. The highest BCUT2D eigenvalue weighted by atomic mass is 32.2. The Hall–Kier alpha value is -1.04. The molecular weight excluding hydrogens is 248 g/mol. The number of nitrogens with zero attached hydrogens (tertiary/aromatic N) is 4. The monoisotopic (exact) mass is 270 g/mol. The zero-order chi connectivity index (χ0) is 13.7. The van der Waals surface area contributed by atoms with E-state index in [4.69, 9.17) is 0 Å². The number of rotatable bonds is 6. The van der Waals surface area contributed by atoms with Crippen LogP contribution in [0.3, 0.4) is 0 Å². The second-order valence-corrected chi connectivity index (χ2v) is 5.69. The van der Waals surface area contributed by atoms with Crippen LogP contribution in [-0.2, 0) is 4.79 Å². The Morgan fingerprint density at radius 1 is 1.39 bits per heavy atom. The molecule has 1 heterocycles. The van der Waals surface area contributed by atoms with E-state index in [-0.39, 0.29) is 11.2 Å². The van der Waals surface area contributed by atoms with Crippen molar-refractivity contribution in [1.29, 1.82) is 0 Å². The minimum absolute atomic E-state index is 0.133. The Labute approximate surface area is 113 Å². The summed E-state index contributed by atoms with van der Waals surface area (Å²) in [6.45, 7) is 11.6. The van der Waals surface area contributed by atoms with Crippen LogP contribution in [0, 0.1) is 0 Å². The van der Waals surface area contributed by atoms with Crippen LogP contribution < -0.4 is 0 Å². The van der Waals surface area contributed by atoms with Gasteiger partial charge in [0.25, 0.3) is 0 Å². The molecule has 0 fully saturated rings. The summed E-state index contributed by atoms with van der Waals surface area (Å²) in [6.07, 6.45) is 1.71. The van der Waals surface area contributed by atoms with Gasteiger partial charge in [-0.3, -0.25) is 4.79 Å². The molecule has 1 unspecified atom stereocenters. The molecule has 1 amide bonds. The van der Waals surface area contributed by atoms with Crippen molar-refractivity contribution in [2.45, 2.75) is 51.1 Å². The second kappa shape index (κ2) is 6.78. The highest BCUT2D eigenvalue weighted by Crippen LogP contribution is 2.24. The first-order valence-corrected chi connectivity index (χ1v) is 7.24. The zero-order valence-electron chi connectivity index (χ0n) is 11.8. The molecule has 18 heavy (non-hydrogen) atoms. The van der Waals surface area contributed by atoms with Crippen molar-refractivity contribution in [3.05, 3.63) is 6.33 Å². The van der Waals surface area contributed by atoms with Crippen LogP contribution in [0.1, 0.15) is 40.7 Å². The van der Waals surface area contributed by atoms with Gasteiger partial charge >= 0.3 is 0 Å². The molecule has 102 valence electrons. The molecule has 6 heteroatoms. The number of carbonyl (C=O) groups is 1. The fourth-order valence-corrected chi connectivity index (χ4v) is 2.71. The lowest BCUT2D eigenvalue weighted by Gasteiger charge is -2.22. The fraction of sp³-hybridized carbons (Fsp3) is 0.750. The summed E-state index contributed by atoms with van der Waals surface area (Å²) in [5, 5.41) is 8.66. The molecule has 1 atom stereocenters. The maximum atomic E-state index is 12.2. The standard InChI is InChI=1S/C12H22N4OS/c1-6-15(7-2)11(17)10(5)18-12-14-13-8-16(12)9(3)4/h8-10H,6-7H2,1-5H3. The van der Waals surface area contributed by atoms with Crippen LogP contribution in [0.25, 0.3) is 0 Å². The number of amides is 1. The van der Waals surface area contributed by atoms with E-state index < -0.39 is 0 Å². The minimum atomic E-state index is -0.133. The molecule has 0 bridgehead atoms. The maximum absolute atomic E-state index is 12.2. The lowest BCUT2D eigenvalue weighted by molar-refractivity contribution is -0.129. The van der Waals surface area contributed by atoms with Crippen LogP contribution in [0.5, 0.6) is 0 Å². The van der Waals surface area contributed by atoms with Crippen LogP contribution in [0.15, 0.2) is 11.5 Å². The van der Waals surface area contributed by atoms with Gasteiger partial charge < -0.3 is 9.47 Å². The molecule has 1 aromatic heterocycles. The lowest BCUT2D eigenvalue weighted by atomic mass is 10.4. The van der Waals surface area contributed by atoms with E-state index in [0.717, 1.165) is 18.2 Å². The van der Waals surface area contributed by atoms with Crippen molar-refractivity contribution in [1.82, 2.24) is 19.7 Å². The molecule has 5 nitrogen and oxygen atoms in total. The van der Waals surface area contributed by atoms with Crippen molar-refractivity contribution in [2.75, 3.05) is 13.1 Å². The van der Waals surface area contributed by atoms with Crippen molar-refractivity contribution in [3.8, 4) is 0 Å². The van der Waals surface area contributed by atoms with Gasteiger partial charge in [0.2, 0.25) is 5.91 Å². The molecule has 0 aliphatic rings. The van der Waals surface area contributed by atoms with Gasteiger partial charge in [-0.25, -0.2) is 0 Å². The lowest BCUT2D eigenvalue weighted by Crippen LogP contribution is -2.36. The van der Waals surface area contributed by atoms with Crippen LogP contribution in [0.4, 0.5) is 0 Å². The topological polar surface area (TPSA) is 51.0 Å².